The fourth-order valence-electron chi connectivity index (χ4n) is 3.05. The van der Waals surface area contributed by atoms with E-state index in [1.165, 1.54) is 0 Å². The molecule has 0 radical (unpaired) electrons. The average Bonchev–Trinajstić information content (AvgIpc) is 2.61. The van der Waals surface area contributed by atoms with Gasteiger partial charge in [0, 0.05) is 0 Å². The third kappa shape index (κ3) is 4.64. The quantitative estimate of drug-likeness (QED) is 0.884. The van der Waals surface area contributed by atoms with Gasteiger partial charge in [0.05, 0.1) is 25.4 Å². The molecule has 122 valence electrons. The number of aliphatic hydroxyl groups is 1. The number of hydrogen-bond acceptors (Lipinski definition) is 3. The normalized spacial score (nSPS) is 24.5. The summed E-state index contributed by atoms with van der Waals surface area (Å²) < 4.78 is 12.1. The summed E-state index contributed by atoms with van der Waals surface area (Å²) in [5.41, 5.74) is 2.27. The maximum Gasteiger partial charge on any atom is 0.110 e. The average molecular weight is 312 g/mol. The minimum atomic E-state index is -0.451. The molecule has 1 fully saturated rings. The van der Waals surface area contributed by atoms with E-state index in [1.807, 2.05) is 48.5 Å². The third-order valence-corrected chi connectivity index (χ3v) is 4.33. The molecule has 3 unspecified atom stereocenters. The van der Waals surface area contributed by atoms with Crippen molar-refractivity contribution in [1.29, 1.82) is 0 Å². The summed E-state index contributed by atoms with van der Waals surface area (Å²) >= 11 is 0. The van der Waals surface area contributed by atoms with Gasteiger partial charge < -0.3 is 14.6 Å². The minimum Gasteiger partial charge on any atom is -0.390 e. The Kier molecular flexibility index (Phi) is 5.81. The standard InChI is InChI=1S/C20H24O3/c21-18-12-7-13-19(22-14-16-8-3-1-4-9-16)20(18)23-15-17-10-5-2-6-11-17/h1-6,8-11,18-21H,7,12-15H2. The van der Waals surface area contributed by atoms with Crippen molar-refractivity contribution in [1.82, 2.24) is 0 Å². The van der Waals surface area contributed by atoms with Crippen LogP contribution < -0.4 is 0 Å². The first kappa shape index (κ1) is 16.2. The Balaban J connectivity index is 1.58. The van der Waals surface area contributed by atoms with Crippen molar-refractivity contribution in [3.8, 4) is 0 Å². The highest BCUT2D eigenvalue weighted by molar-refractivity contribution is 5.14. The molecule has 2 aromatic rings. The summed E-state index contributed by atoms with van der Waals surface area (Å²) in [6.45, 7) is 1.07. The van der Waals surface area contributed by atoms with Gasteiger partial charge in [-0.2, -0.15) is 0 Å². The Labute approximate surface area is 137 Å². The number of aliphatic hydroxyl groups excluding tert-OH is 1. The lowest BCUT2D eigenvalue weighted by Crippen LogP contribution is -2.44. The van der Waals surface area contributed by atoms with E-state index in [0.29, 0.717) is 13.2 Å². The second-order valence-corrected chi connectivity index (χ2v) is 6.09. The Bertz CT molecular complexity index is 570. The van der Waals surface area contributed by atoms with Crippen LogP contribution in [0.2, 0.25) is 0 Å². The zero-order valence-corrected chi connectivity index (χ0v) is 13.3. The lowest BCUT2D eigenvalue weighted by atomic mass is 9.91. The molecule has 0 saturated heterocycles. The van der Waals surface area contributed by atoms with Crippen molar-refractivity contribution >= 4 is 0 Å². The number of benzene rings is 2. The molecule has 0 aliphatic heterocycles. The SMILES string of the molecule is OC1CCCC(OCc2ccccc2)C1OCc1ccccc1. The summed E-state index contributed by atoms with van der Waals surface area (Å²) in [6, 6.07) is 20.2. The van der Waals surface area contributed by atoms with Crippen LogP contribution in [0, 0.1) is 0 Å². The lowest BCUT2D eigenvalue weighted by Gasteiger charge is -2.35. The maximum atomic E-state index is 10.3. The zero-order chi connectivity index (χ0) is 15.9. The number of ether oxygens (including phenoxy) is 2. The molecule has 0 aromatic heterocycles. The van der Waals surface area contributed by atoms with Crippen molar-refractivity contribution in [3.63, 3.8) is 0 Å². The van der Waals surface area contributed by atoms with Crippen molar-refractivity contribution in [3.05, 3.63) is 71.8 Å². The predicted molar refractivity (Wildman–Crippen MR) is 89.9 cm³/mol. The maximum absolute atomic E-state index is 10.3. The van der Waals surface area contributed by atoms with E-state index in [-0.39, 0.29) is 12.2 Å². The van der Waals surface area contributed by atoms with E-state index >= 15 is 0 Å². The fraction of sp³-hybridized carbons (Fsp3) is 0.400. The van der Waals surface area contributed by atoms with Gasteiger partial charge in [0.15, 0.2) is 0 Å². The topological polar surface area (TPSA) is 38.7 Å². The largest absolute Gasteiger partial charge is 0.390 e. The molecule has 0 spiro atoms. The molecule has 1 aliphatic carbocycles. The van der Waals surface area contributed by atoms with Gasteiger partial charge in [-0.05, 0) is 30.4 Å². The van der Waals surface area contributed by atoms with E-state index < -0.39 is 6.10 Å². The number of hydrogen-bond donors (Lipinski definition) is 1. The summed E-state index contributed by atoms with van der Waals surface area (Å²) in [5.74, 6) is 0. The first-order valence-electron chi connectivity index (χ1n) is 8.32. The lowest BCUT2D eigenvalue weighted by molar-refractivity contribution is -0.150. The molecule has 0 bridgehead atoms. The number of rotatable bonds is 6. The third-order valence-electron chi connectivity index (χ3n) is 4.33. The zero-order valence-electron chi connectivity index (χ0n) is 13.3. The van der Waals surface area contributed by atoms with Crippen molar-refractivity contribution in [2.24, 2.45) is 0 Å². The van der Waals surface area contributed by atoms with Crippen LogP contribution in [0.4, 0.5) is 0 Å². The van der Waals surface area contributed by atoms with Crippen LogP contribution >= 0.6 is 0 Å². The highest BCUT2D eigenvalue weighted by atomic mass is 16.5. The first-order chi connectivity index (χ1) is 11.3. The molecule has 3 rings (SSSR count). The summed E-state index contributed by atoms with van der Waals surface area (Å²) in [6.07, 6.45) is 1.93. The van der Waals surface area contributed by atoms with Gasteiger partial charge in [0.2, 0.25) is 0 Å². The van der Waals surface area contributed by atoms with Crippen LogP contribution in [0.1, 0.15) is 30.4 Å². The summed E-state index contributed by atoms with van der Waals surface area (Å²) in [7, 11) is 0. The minimum absolute atomic E-state index is 0.0531. The fourth-order valence-corrected chi connectivity index (χ4v) is 3.05. The van der Waals surface area contributed by atoms with Crippen LogP contribution in [0.25, 0.3) is 0 Å². The highest BCUT2D eigenvalue weighted by Crippen LogP contribution is 2.26. The molecule has 1 N–H and O–H groups in total. The first-order valence-corrected chi connectivity index (χ1v) is 8.32. The van der Waals surface area contributed by atoms with Gasteiger partial charge in [-0.15, -0.1) is 0 Å². The summed E-state index contributed by atoms with van der Waals surface area (Å²) in [4.78, 5) is 0. The van der Waals surface area contributed by atoms with Crippen LogP contribution in [0.15, 0.2) is 60.7 Å². The Morgan fingerprint density at radius 2 is 1.35 bits per heavy atom. The van der Waals surface area contributed by atoms with Gasteiger partial charge in [0.25, 0.3) is 0 Å². The van der Waals surface area contributed by atoms with Gasteiger partial charge in [-0.25, -0.2) is 0 Å². The van der Waals surface area contributed by atoms with E-state index in [2.05, 4.69) is 12.1 Å². The van der Waals surface area contributed by atoms with E-state index in [9.17, 15) is 5.11 Å². The molecule has 3 atom stereocenters. The monoisotopic (exact) mass is 312 g/mol. The molecule has 23 heavy (non-hydrogen) atoms. The molecule has 1 aliphatic rings. The molecular formula is C20H24O3. The van der Waals surface area contributed by atoms with E-state index in [1.54, 1.807) is 0 Å². The molecule has 3 heteroatoms. The van der Waals surface area contributed by atoms with Crippen molar-refractivity contribution in [2.75, 3.05) is 0 Å². The predicted octanol–water partition coefficient (Wildman–Crippen LogP) is 3.70. The highest BCUT2D eigenvalue weighted by Gasteiger charge is 2.33. The van der Waals surface area contributed by atoms with E-state index in [0.717, 1.165) is 30.4 Å². The molecule has 0 amide bonds. The van der Waals surface area contributed by atoms with Gasteiger partial charge in [-0.1, -0.05) is 60.7 Å². The van der Waals surface area contributed by atoms with Gasteiger partial charge >= 0.3 is 0 Å². The molecule has 2 aromatic carbocycles. The Hall–Kier alpha value is -1.68. The van der Waals surface area contributed by atoms with Gasteiger partial charge in [-0.3, -0.25) is 0 Å². The van der Waals surface area contributed by atoms with Crippen LogP contribution in [0.3, 0.4) is 0 Å². The Morgan fingerprint density at radius 1 is 0.783 bits per heavy atom. The van der Waals surface area contributed by atoms with E-state index in [4.69, 9.17) is 9.47 Å². The van der Waals surface area contributed by atoms with Gasteiger partial charge in [0.1, 0.15) is 6.10 Å². The van der Waals surface area contributed by atoms with Crippen LogP contribution in [0.5, 0.6) is 0 Å². The second-order valence-electron chi connectivity index (χ2n) is 6.09. The second kappa shape index (κ2) is 8.25. The van der Waals surface area contributed by atoms with Crippen molar-refractivity contribution < 1.29 is 14.6 Å². The molecule has 0 heterocycles. The van der Waals surface area contributed by atoms with Crippen LogP contribution in [-0.4, -0.2) is 23.4 Å². The smallest absolute Gasteiger partial charge is 0.110 e. The summed E-state index contributed by atoms with van der Waals surface area (Å²) in [5, 5.41) is 10.3. The molecule has 1 saturated carbocycles. The van der Waals surface area contributed by atoms with Crippen LogP contribution in [-0.2, 0) is 22.7 Å². The molecular weight excluding hydrogens is 288 g/mol. The Morgan fingerprint density at radius 3 is 1.96 bits per heavy atom. The van der Waals surface area contributed by atoms with Crippen molar-refractivity contribution in [2.45, 2.75) is 50.8 Å². The molecule has 3 nitrogen and oxygen atoms in total.